The summed E-state index contributed by atoms with van der Waals surface area (Å²) in [7, 11) is 3.38. The second-order valence-corrected chi connectivity index (χ2v) is 2.28. The van der Waals surface area contributed by atoms with Crippen molar-refractivity contribution in [2.24, 2.45) is 0 Å². The number of rotatable bonds is 3. The minimum absolute atomic E-state index is 0.455. The van der Waals surface area contributed by atoms with Crippen LogP contribution in [0.3, 0.4) is 0 Å². The molecular formula is C7H12N4O. The van der Waals surface area contributed by atoms with Crippen molar-refractivity contribution in [3.8, 4) is 5.88 Å². The molecule has 5 nitrogen and oxygen atoms in total. The second-order valence-electron chi connectivity index (χ2n) is 2.28. The van der Waals surface area contributed by atoms with Crippen LogP contribution in [0.25, 0.3) is 0 Å². The van der Waals surface area contributed by atoms with Crippen LogP contribution in [0.4, 0.5) is 5.82 Å². The Morgan fingerprint density at radius 3 is 2.92 bits per heavy atom. The van der Waals surface area contributed by atoms with Crippen LogP contribution in [0.2, 0.25) is 0 Å². The van der Waals surface area contributed by atoms with Gasteiger partial charge in [-0.3, -0.25) is 0 Å². The van der Waals surface area contributed by atoms with Crippen LogP contribution in [-0.4, -0.2) is 24.1 Å². The second kappa shape index (κ2) is 3.87. The van der Waals surface area contributed by atoms with E-state index in [2.05, 4.69) is 15.3 Å². The topological polar surface area (TPSA) is 73.1 Å². The van der Waals surface area contributed by atoms with Crippen LogP contribution in [-0.2, 0) is 6.54 Å². The predicted molar refractivity (Wildman–Crippen MR) is 45.8 cm³/mol. The number of nitrogens with one attached hydrogen (secondary N) is 1. The summed E-state index contributed by atoms with van der Waals surface area (Å²) < 4.78 is 5.01. The molecule has 0 unspecified atom stereocenters. The first kappa shape index (κ1) is 8.73. The van der Waals surface area contributed by atoms with E-state index in [4.69, 9.17) is 10.5 Å². The highest BCUT2D eigenvalue weighted by molar-refractivity contribution is 5.44. The van der Waals surface area contributed by atoms with Crippen LogP contribution < -0.4 is 15.8 Å². The van der Waals surface area contributed by atoms with Crippen molar-refractivity contribution < 1.29 is 4.74 Å². The van der Waals surface area contributed by atoms with Gasteiger partial charge in [0.1, 0.15) is 12.1 Å². The first-order chi connectivity index (χ1) is 5.79. The third-order valence-electron chi connectivity index (χ3n) is 1.49. The molecule has 3 N–H and O–H groups in total. The monoisotopic (exact) mass is 168 g/mol. The molecule has 5 heteroatoms. The fraction of sp³-hybridized carbons (Fsp3) is 0.429. The summed E-state index contributed by atoms with van der Waals surface area (Å²) in [4.78, 5) is 7.78. The quantitative estimate of drug-likeness (QED) is 0.653. The predicted octanol–water partition coefficient (Wildman–Crippen LogP) is -0.213. The first-order valence-corrected chi connectivity index (χ1v) is 3.57. The lowest BCUT2D eigenvalue weighted by Crippen LogP contribution is -2.11. The Bertz CT molecular complexity index is 264. The highest BCUT2D eigenvalue weighted by atomic mass is 16.5. The number of hydrogen-bond acceptors (Lipinski definition) is 5. The van der Waals surface area contributed by atoms with Crippen molar-refractivity contribution in [1.29, 1.82) is 0 Å². The number of methoxy groups -OCH3 is 1. The normalized spacial score (nSPS) is 9.83. The number of nitrogens with zero attached hydrogens (tertiary/aromatic N) is 2. The van der Waals surface area contributed by atoms with Crippen molar-refractivity contribution in [2.45, 2.75) is 6.54 Å². The van der Waals surface area contributed by atoms with E-state index < -0.39 is 0 Å². The van der Waals surface area contributed by atoms with E-state index >= 15 is 0 Å². The third-order valence-corrected chi connectivity index (χ3v) is 1.49. The molecule has 0 saturated heterocycles. The highest BCUT2D eigenvalue weighted by Crippen LogP contribution is 2.17. The number of ether oxygens (including phenoxy) is 1. The number of aromatic nitrogens is 2. The average Bonchev–Trinajstić information content (AvgIpc) is 2.09. The largest absolute Gasteiger partial charge is 0.481 e. The molecule has 12 heavy (non-hydrogen) atoms. The van der Waals surface area contributed by atoms with Gasteiger partial charge in [-0.25, -0.2) is 9.97 Å². The smallest absolute Gasteiger partial charge is 0.222 e. The van der Waals surface area contributed by atoms with Gasteiger partial charge in [0.2, 0.25) is 5.88 Å². The van der Waals surface area contributed by atoms with Crippen LogP contribution in [0.1, 0.15) is 5.56 Å². The van der Waals surface area contributed by atoms with E-state index in [1.54, 1.807) is 7.11 Å². The van der Waals surface area contributed by atoms with Gasteiger partial charge in [-0.05, 0) is 7.05 Å². The van der Waals surface area contributed by atoms with Gasteiger partial charge >= 0.3 is 0 Å². The molecule has 1 heterocycles. The van der Waals surface area contributed by atoms with E-state index in [0.29, 0.717) is 18.2 Å². The maximum atomic E-state index is 5.61. The van der Waals surface area contributed by atoms with Crippen LogP contribution in [0.5, 0.6) is 5.88 Å². The Morgan fingerprint density at radius 1 is 1.58 bits per heavy atom. The first-order valence-electron chi connectivity index (χ1n) is 3.57. The summed E-state index contributed by atoms with van der Waals surface area (Å²) >= 11 is 0. The number of nitrogen functional groups attached to an aromatic ring is 1. The molecule has 0 amide bonds. The zero-order chi connectivity index (χ0) is 8.97. The number of nitrogens with two attached hydrogens (primary N) is 1. The van der Waals surface area contributed by atoms with Crippen molar-refractivity contribution in [1.82, 2.24) is 15.3 Å². The van der Waals surface area contributed by atoms with E-state index in [9.17, 15) is 0 Å². The number of hydrogen-bond donors (Lipinski definition) is 2. The fourth-order valence-corrected chi connectivity index (χ4v) is 0.928. The fourth-order valence-electron chi connectivity index (χ4n) is 0.928. The summed E-state index contributed by atoms with van der Waals surface area (Å²) in [5.41, 5.74) is 6.41. The Hall–Kier alpha value is -1.36. The molecule has 0 aliphatic carbocycles. The molecule has 0 bridgehead atoms. The van der Waals surface area contributed by atoms with Crippen LogP contribution in [0.15, 0.2) is 6.33 Å². The van der Waals surface area contributed by atoms with E-state index in [-0.39, 0.29) is 0 Å². The summed E-state index contributed by atoms with van der Waals surface area (Å²) in [5.74, 6) is 0.980. The molecule has 0 aromatic carbocycles. The van der Waals surface area contributed by atoms with Gasteiger partial charge in [-0.15, -0.1) is 0 Å². The molecule has 1 rings (SSSR count). The summed E-state index contributed by atoms with van der Waals surface area (Å²) in [6.45, 7) is 0.607. The zero-order valence-electron chi connectivity index (χ0n) is 7.16. The standard InChI is InChI=1S/C7H12N4O/c1-9-3-5-6(8)10-4-11-7(5)12-2/h4,9H,3H2,1-2H3,(H2,8,10,11). The van der Waals surface area contributed by atoms with Gasteiger partial charge < -0.3 is 15.8 Å². The molecule has 0 aliphatic heterocycles. The maximum Gasteiger partial charge on any atom is 0.222 e. The van der Waals surface area contributed by atoms with Gasteiger partial charge in [0.05, 0.1) is 12.7 Å². The van der Waals surface area contributed by atoms with Gasteiger partial charge in [-0.1, -0.05) is 0 Å². The lowest BCUT2D eigenvalue weighted by molar-refractivity contribution is 0.390. The lowest BCUT2D eigenvalue weighted by Gasteiger charge is -2.07. The highest BCUT2D eigenvalue weighted by Gasteiger charge is 2.07. The van der Waals surface area contributed by atoms with Crippen molar-refractivity contribution in [3.63, 3.8) is 0 Å². The SMILES string of the molecule is CNCc1c(N)ncnc1OC. The van der Waals surface area contributed by atoms with Crippen molar-refractivity contribution >= 4 is 5.82 Å². The van der Waals surface area contributed by atoms with Gasteiger partial charge in [0.15, 0.2) is 0 Å². The molecule has 0 saturated carbocycles. The van der Waals surface area contributed by atoms with Crippen LogP contribution in [0, 0.1) is 0 Å². The molecule has 0 radical (unpaired) electrons. The summed E-state index contributed by atoms with van der Waals surface area (Å²) in [6.07, 6.45) is 1.38. The van der Waals surface area contributed by atoms with E-state index in [1.807, 2.05) is 7.05 Å². The van der Waals surface area contributed by atoms with Crippen molar-refractivity contribution in [3.05, 3.63) is 11.9 Å². The Labute approximate surface area is 71.0 Å². The molecule has 0 aliphatic rings. The maximum absolute atomic E-state index is 5.61. The van der Waals surface area contributed by atoms with Crippen molar-refractivity contribution in [2.75, 3.05) is 19.9 Å². The summed E-state index contributed by atoms with van der Waals surface area (Å²) in [6, 6.07) is 0. The average molecular weight is 168 g/mol. The Kier molecular flexibility index (Phi) is 2.82. The molecule has 0 fully saturated rings. The molecular weight excluding hydrogens is 156 g/mol. The molecule has 66 valence electrons. The number of anilines is 1. The molecule has 0 spiro atoms. The minimum Gasteiger partial charge on any atom is -0.481 e. The van der Waals surface area contributed by atoms with Gasteiger partial charge in [0.25, 0.3) is 0 Å². The summed E-state index contributed by atoms with van der Waals surface area (Å²) in [5, 5.41) is 2.96. The Morgan fingerprint density at radius 2 is 2.33 bits per heavy atom. The molecule has 1 aromatic rings. The van der Waals surface area contributed by atoms with E-state index in [0.717, 1.165) is 5.56 Å². The zero-order valence-corrected chi connectivity index (χ0v) is 7.16. The minimum atomic E-state index is 0.455. The van der Waals surface area contributed by atoms with Gasteiger partial charge in [0, 0.05) is 6.54 Å². The lowest BCUT2D eigenvalue weighted by atomic mass is 10.3. The van der Waals surface area contributed by atoms with Crippen LogP contribution >= 0.6 is 0 Å². The Balaban J connectivity index is 3.02. The van der Waals surface area contributed by atoms with Gasteiger partial charge in [-0.2, -0.15) is 0 Å². The van der Waals surface area contributed by atoms with E-state index in [1.165, 1.54) is 6.33 Å². The third kappa shape index (κ3) is 1.62. The molecule has 1 aromatic heterocycles. The molecule has 0 atom stereocenters.